The molecule has 0 saturated heterocycles. The van der Waals surface area contributed by atoms with Gasteiger partial charge in [-0.05, 0) is 43.5 Å². The van der Waals surface area contributed by atoms with Gasteiger partial charge in [-0.2, -0.15) is 0 Å². The van der Waals surface area contributed by atoms with E-state index in [1.54, 1.807) is 25.3 Å². The Morgan fingerprint density at radius 1 is 1.28 bits per heavy atom. The number of rotatable bonds is 8. The zero-order valence-corrected chi connectivity index (χ0v) is 16.1. The van der Waals surface area contributed by atoms with Crippen LogP contribution in [-0.2, 0) is 4.79 Å². The summed E-state index contributed by atoms with van der Waals surface area (Å²) in [6.45, 7) is 1.76. The van der Waals surface area contributed by atoms with Crippen molar-refractivity contribution in [2.24, 2.45) is 5.92 Å². The highest BCUT2D eigenvalue weighted by molar-refractivity contribution is 5.94. The van der Waals surface area contributed by atoms with Gasteiger partial charge in [0.05, 0.1) is 11.6 Å². The first-order valence-corrected chi connectivity index (χ1v) is 9.25. The van der Waals surface area contributed by atoms with Crippen molar-refractivity contribution in [3.05, 3.63) is 47.8 Å². The highest BCUT2D eigenvalue weighted by atomic mass is 19.3. The lowest BCUT2D eigenvalue weighted by Crippen LogP contribution is -2.27. The predicted molar refractivity (Wildman–Crippen MR) is 102 cm³/mol. The van der Waals surface area contributed by atoms with Crippen molar-refractivity contribution in [2.45, 2.75) is 38.7 Å². The third-order valence-corrected chi connectivity index (χ3v) is 4.30. The fourth-order valence-electron chi connectivity index (χ4n) is 2.52. The van der Waals surface area contributed by atoms with E-state index in [9.17, 15) is 18.4 Å². The number of aromatic nitrogens is 2. The van der Waals surface area contributed by atoms with Crippen LogP contribution < -0.4 is 15.4 Å². The lowest BCUT2D eigenvalue weighted by atomic mass is 10.1. The van der Waals surface area contributed by atoms with Crippen LogP contribution in [0.3, 0.4) is 0 Å². The first-order chi connectivity index (χ1) is 13.7. The molecule has 1 atom stereocenters. The summed E-state index contributed by atoms with van der Waals surface area (Å²) in [5.74, 6) is -2.86. The summed E-state index contributed by atoms with van der Waals surface area (Å²) in [6.07, 6.45) is 4.63. The third-order valence-electron chi connectivity index (χ3n) is 4.30. The van der Waals surface area contributed by atoms with Gasteiger partial charge in [-0.1, -0.05) is 0 Å². The molecule has 2 aromatic rings. The quantitative estimate of drug-likeness (QED) is 0.704. The van der Waals surface area contributed by atoms with Gasteiger partial charge in [-0.3, -0.25) is 9.59 Å². The summed E-state index contributed by atoms with van der Waals surface area (Å²) in [5, 5.41) is 5.60. The maximum Gasteiger partial charge on any atom is 0.278 e. The minimum absolute atomic E-state index is 0.0151. The minimum atomic E-state index is -2.96. The lowest BCUT2D eigenvalue weighted by Gasteiger charge is -2.15. The number of anilines is 1. The number of hydrogen-bond donors (Lipinski definition) is 2. The second kappa shape index (κ2) is 8.50. The molecule has 0 radical (unpaired) electrons. The van der Waals surface area contributed by atoms with Crippen LogP contribution in [0, 0.1) is 5.92 Å². The highest BCUT2D eigenvalue weighted by Crippen LogP contribution is 2.30. The summed E-state index contributed by atoms with van der Waals surface area (Å²) in [6, 6.07) is 5.93. The fraction of sp³-hybridized carbons (Fsp3) is 0.400. The van der Waals surface area contributed by atoms with E-state index in [4.69, 9.17) is 4.74 Å². The van der Waals surface area contributed by atoms with E-state index in [0.29, 0.717) is 5.82 Å². The molecular weight excluding hydrogens is 382 g/mol. The first-order valence-electron chi connectivity index (χ1n) is 9.25. The van der Waals surface area contributed by atoms with E-state index < -0.39 is 12.5 Å². The molecule has 2 amide bonds. The number of ether oxygens (including phenoxy) is 1. The van der Waals surface area contributed by atoms with Gasteiger partial charge in [0.2, 0.25) is 11.8 Å². The maximum absolute atomic E-state index is 12.8. The Bertz CT molecular complexity index is 880. The Hall–Kier alpha value is -3.10. The number of halogens is 2. The van der Waals surface area contributed by atoms with Gasteiger partial charge >= 0.3 is 0 Å². The molecule has 0 bridgehead atoms. The van der Waals surface area contributed by atoms with Crippen molar-refractivity contribution in [3.8, 4) is 5.88 Å². The Kier molecular flexibility index (Phi) is 6.05. The van der Waals surface area contributed by atoms with E-state index in [1.807, 2.05) is 0 Å². The number of pyridine rings is 2. The van der Waals surface area contributed by atoms with Crippen LogP contribution in [0.5, 0.6) is 5.88 Å². The molecule has 1 aliphatic rings. The molecule has 1 aliphatic carbocycles. The second-order valence-electron chi connectivity index (χ2n) is 7.18. The minimum Gasteiger partial charge on any atom is -0.471 e. The van der Waals surface area contributed by atoms with Crippen molar-refractivity contribution < 1.29 is 23.1 Å². The maximum atomic E-state index is 12.8. The monoisotopic (exact) mass is 404 g/mol. The molecule has 1 fully saturated rings. The number of nitrogens with one attached hydrogen (secondary N) is 2. The average Bonchev–Trinajstić information content (AvgIpc) is 3.52. The van der Waals surface area contributed by atoms with Crippen LogP contribution >= 0.6 is 0 Å². The van der Waals surface area contributed by atoms with Crippen LogP contribution in [0.1, 0.15) is 48.7 Å². The zero-order chi connectivity index (χ0) is 21.0. The first kappa shape index (κ1) is 20.6. The molecule has 1 saturated carbocycles. The standard InChI is InChI=1S/C20H22F2N4O3/c1-12(14-7-8-23-16(9-14)26-18(27)13-3-4-13)25-19(28)15-5-6-17(24-10-15)29-11-20(2,21)22/h5-10,12-13H,3-4,11H2,1-2H3,(H,25,28)(H,23,26,27). The lowest BCUT2D eigenvalue weighted by molar-refractivity contribution is -0.117. The Morgan fingerprint density at radius 3 is 2.66 bits per heavy atom. The summed E-state index contributed by atoms with van der Waals surface area (Å²) in [4.78, 5) is 32.3. The number of amides is 2. The van der Waals surface area contributed by atoms with Crippen molar-refractivity contribution in [1.82, 2.24) is 15.3 Å². The average molecular weight is 404 g/mol. The molecule has 1 unspecified atom stereocenters. The van der Waals surface area contributed by atoms with Gasteiger partial charge in [0.25, 0.3) is 11.8 Å². The molecule has 2 N–H and O–H groups in total. The summed E-state index contributed by atoms with van der Waals surface area (Å²) >= 11 is 0. The summed E-state index contributed by atoms with van der Waals surface area (Å²) in [5.41, 5.74) is 1.04. The van der Waals surface area contributed by atoms with Gasteiger partial charge in [0.1, 0.15) is 5.82 Å². The van der Waals surface area contributed by atoms with Crippen LogP contribution in [0.25, 0.3) is 0 Å². The number of nitrogens with zero attached hydrogens (tertiary/aromatic N) is 2. The summed E-state index contributed by atoms with van der Waals surface area (Å²) in [7, 11) is 0. The van der Waals surface area contributed by atoms with Gasteiger partial charge < -0.3 is 15.4 Å². The van der Waals surface area contributed by atoms with Gasteiger partial charge in [-0.15, -0.1) is 0 Å². The Balaban J connectivity index is 1.57. The van der Waals surface area contributed by atoms with E-state index in [1.165, 1.54) is 18.3 Å². The molecule has 2 aromatic heterocycles. The van der Waals surface area contributed by atoms with E-state index >= 15 is 0 Å². The van der Waals surface area contributed by atoms with Crippen LogP contribution in [0.2, 0.25) is 0 Å². The summed E-state index contributed by atoms with van der Waals surface area (Å²) < 4.78 is 30.5. The molecule has 2 heterocycles. The van der Waals surface area contributed by atoms with Crippen molar-refractivity contribution in [3.63, 3.8) is 0 Å². The molecule has 0 aromatic carbocycles. The Labute approximate surface area is 166 Å². The number of carbonyl (C=O) groups excluding carboxylic acids is 2. The number of alkyl halides is 2. The van der Waals surface area contributed by atoms with Crippen molar-refractivity contribution >= 4 is 17.6 Å². The van der Waals surface area contributed by atoms with E-state index in [-0.39, 0.29) is 35.2 Å². The SMILES string of the molecule is CC(NC(=O)c1ccc(OCC(C)(F)F)nc1)c1ccnc(NC(=O)C2CC2)c1. The topological polar surface area (TPSA) is 93.2 Å². The molecular formula is C20H22F2N4O3. The van der Waals surface area contributed by atoms with Crippen LogP contribution in [-0.4, -0.2) is 34.3 Å². The predicted octanol–water partition coefficient (Wildman–Crippen LogP) is 3.35. The van der Waals surface area contributed by atoms with Crippen molar-refractivity contribution in [1.29, 1.82) is 0 Å². The van der Waals surface area contributed by atoms with Crippen LogP contribution in [0.4, 0.5) is 14.6 Å². The molecule has 9 heteroatoms. The molecule has 154 valence electrons. The zero-order valence-electron chi connectivity index (χ0n) is 16.1. The Morgan fingerprint density at radius 2 is 2.03 bits per heavy atom. The molecule has 0 spiro atoms. The molecule has 29 heavy (non-hydrogen) atoms. The fourth-order valence-corrected chi connectivity index (χ4v) is 2.52. The highest BCUT2D eigenvalue weighted by Gasteiger charge is 2.29. The number of hydrogen-bond acceptors (Lipinski definition) is 5. The van der Waals surface area contributed by atoms with E-state index in [0.717, 1.165) is 25.3 Å². The third kappa shape index (κ3) is 6.20. The van der Waals surface area contributed by atoms with Crippen molar-refractivity contribution in [2.75, 3.05) is 11.9 Å². The van der Waals surface area contributed by atoms with Gasteiger partial charge in [0.15, 0.2) is 6.61 Å². The van der Waals surface area contributed by atoms with E-state index in [2.05, 4.69) is 20.6 Å². The largest absolute Gasteiger partial charge is 0.471 e. The normalized spacial score (nSPS) is 14.8. The van der Waals surface area contributed by atoms with Gasteiger partial charge in [0, 0.05) is 31.3 Å². The van der Waals surface area contributed by atoms with Crippen LogP contribution in [0.15, 0.2) is 36.7 Å². The second-order valence-corrected chi connectivity index (χ2v) is 7.18. The smallest absolute Gasteiger partial charge is 0.278 e. The number of carbonyl (C=O) groups is 2. The molecule has 7 nitrogen and oxygen atoms in total. The van der Waals surface area contributed by atoms with Gasteiger partial charge in [-0.25, -0.2) is 18.7 Å². The molecule has 0 aliphatic heterocycles. The molecule has 3 rings (SSSR count).